The van der Waals surface area contributed by atoms with Crippen LogP contribution in [0.15, 0.2) is 42.6 Å². The molecule has 0 radical (unpaired) electrons. The molecule has 3 N–H and O–H groups in total. The lowest BCUT2D eigenvalue weighted by Crippen LogP contribution is -2.12. The van der Waals surface area contributed by atoms with Gasteiger partial charge in [-0.05, 0) is 22.9 Å². The van der Waals surface area contributed by atoms with Gasteiger partial charge in [0.2, 0.25) is 0 Å². The van der Waals surface area contributed by atoms with Crippen LogP contribution in [-0.4, -0.2) is 26.4 Å². The lowest BCUT2D eigenvalue weighted by Gasteiger charge is -2.07. The maximum absolute atomic E-state index is 12.2. The van der Waals surface area contributed by atoms with Gasteiger partial charge in [0.15, 0.2) is 5.82 Å². The Morgan fingerprint density at radius 1 is 1.26 bits per heavy atom. The molecule has 0 fully saturated rings. The quantitative estimate of drug-likeness (QED) is 0.651. The van der Waals surface area contributed by atoms with Gasteiger partial charge < -0.3 is 10.4 Å². The van der Waals surface area contributed by atoms with Gasteiger partial charge in [0, 0.05) is 0 Å². The number of anilines is 1. The van der Waals surface area contributed by atoms with Crippen molar-refractivity contribution in [2.45, 2.75) is 0 Å². The zero-order valence-corrected chi connectivity index (χ0v) is 9.79. The first-order valence-corrected chi connectivity index (χ1v) is 5.63. The molecule has 0 unspecified atom stereocenters. The van der Waals surface area contributed by atoms with Gasteiger partial charge in [0.25, 0.3) is 5.91 Å². The Balaban J connectivity index is 2.06. The Morgan fingerprint density at radius 3 is 2.89 bits per heavy atom. The summed E-state index contributed by atoms with van der Waals surface area (Å²) < 4.78 is 0. The Hall–Kier alpha value is -2.89. The first kappa shape index (κ1) is 11.2. The van der Waals surface area contributed by atoms with Gasteiger partial charge in [0.1, 0.15) is 5.75 Å². The first-order chi connectivity index (χ1) is 9.24. The maximum atomic E-state index is 12.2. The van der Waals surface area contributed by atoms with Gasteiger partial charge in [-0.25, -0.2) is 0 Å². The summed E-state index contributed by atoms with van der Waals surface area (Å²) in [6.07, 6.45) is 1.41. The molecule has 3 aromatic rings. The van der Waals surface area contributed by atoms with Crippen molar-refractivity contribution in [1.29, 1.82) is 0 Å². The van der Waals surface area contributed by atoms with Crippen molar-refractivity contribution >= 4 is 22.5 Å². The number of H-pyrrole nitrogens is 1. The van der Waals surface area contributed by atoms with E-state index in [-0.39, 0.29) is 11.7 Å². The van der Waals surface area contributed by atoms with E-state index in [4.69, 9.17) is 0 Å². The van der Waals surface area contributed by atoms with Crippen LogP contribution in [0, 0.1) is 0 Å². The minimum Gasteiger partial charge on any atom is -0.508 e. The maximum Gasteiger partial charge on any atom is 0.257 e. The summed E-state index contributed by atoms with van der Waals surface area (Å²) in [7, 11) is 0. The molecule has 6 nitrogen and oxygen atoms in total. The van der Waals surface area contributed by atoms with Gasteiger partial charge in [-0.1, -0.05) is 24.3 Å². The van der Waals surface area contributed by atoms with Crippen LogP contribution in [0.1, 0.15) is 10.4 Å². The van der Waals surface area contributed by atoms with E-state index in [0.29, 0.717) is 11.4 Å². The number of phenolic OH excluding ortho intramolecular Hbond substituents is 1. The first-order valence-electron chi connectivity index (χ1n) is 5.63. The monoisotopic (exact) mass is 254 g/mol. The minimum atomic E-state index is -0.346. The normalized spacial score (nSPS) is 10.5. The lowest BCUT2D eigenvalue weighted by molar-refractivity contribution is 0.102. The Labute approximate surface area is 108 Å². The number of phenols is 1. The number of aromatic nitrogens is 3. The number of aromatic hydroxyl groups is 1. The van der Waals surface area contributed by atoms with Crippen molar-refractivity contribution < 1.29 is 9.90 Å². The minimum absolute atomic E-state index is 0.0454. The molecule has 0 spiro atoms. The molecule has 0 aliphatic carbocycles. The van der Waals surface area contributed by atoms with E-state index in [0.717, 1.165) is 10.8 Å². The smallest absolute Gasteiger partial charge is 0.257 e. The Morgan fingerprint density at radius 2 is 2.11 bits per heavy atom. The number of carbonyl (C=O) groups is 1. The molecule has 2 aromatic carbocycles. The highest BCUT2D eigenvalue weighted by Crippen LogP contribution is 2.25. The Bertz CT molecular complexity index is 737. The summed E-state index contributed by atoms with van der Waals surface area (Å²) in [6, 6.07) is 10.4. The number of fused-ring (bicyclic) bond motifs is 1. The van der Waals surface area contributed by atoms with Crippen LogP contribution in [-0.2, 0) is 0 Å². The third-order valence-corrected chi connectivity index (χ3v) is 2.75. The van der Waals surface area contributed by atoms with E-state index in [2.05, 4.69) is 20.7 Å². The van der Waals surface area contributed by atoms with Gasteiger partial charge in [-0.3, -0.25) is 4.79 Å². The number of benzene rings is 2. The second-order valence-electron chi connectivity index (χ2n) is 4.02. The third kappa shape index (κ3) is 2.11. The highest BCUT2D eigenvalue weighted by atomic mass is 16.3. The van der Waals surface area contributed by atoms with Crippen LogP contribution in [0.25, 0.3) is 10.8 Å². The summed E-state index contributed by atoms with van der Waals surface area (Å²) in [4.78, 5) is 12.2. The summed E-state index contributed by atoms with van der Waals surface area (Å²) in [5.41, 5.74) is 0.388. The summed E-state index contributed by atoms with van der Waals surface area (Å²) in [5.74, 6) is 0.0300. The topological polar surface area (TPSA) is 90.9 Å². The molecule has 0 aliphatic heterocycles. The largest absolute Gasteiger partial charge is 0.508 e. The number of amides is 1. The van der Waals surface area contributed by atoms with Crippen LogP contribution in [0.4, 0.5) is 5.82 Å². The number of hydrogen-bond acceptors (Lipinski definition) is 4. The number of carbonyl (C=O) groups excluding carboxylic acids is 1. The number of nitrogens with one attached hydrogen (secondary N) is 2. The second-order valence-corrected chi connectivity index (χ2v) is 4.02. The van der Waals surface area contributed by atoms with Gasteiger partial charge in [0.05, 0.1) is 11.8 Å². The van der Waals surface area contributed by atoms with Crippen LogP contribution < -0.4 is 5.32 Å². The second kappa shape index (κ2) is 4.41. The van der Waals surface area contributed by atoms with E-state index < -0.39 is 0 Å². The Kier molecular flexibility index (Phi) is 2.60. The number of nitrogens with zero attached hydrogens (tertiary/aromatic N) is 2. The molecule has 1 heterocycles. The third-order valence-electron chi connectivity index (χ3n) is 2.75. The fourth-order valence-electron chi connectivity index (χ4n) is 1.93. The fourth-order valence-corrected chi connectivity index (χ4v) is 1.93. The van der Waals surface area contributed by atoms with Crippen molar-refractivity contribution in [2.24, 2.45) is 0 Å². The van der Waals surface area contributed by atoms with E-state index in [1.165, 1.54) is 12.3 Å². The van der Waals surface area contributed by atoms with E-state index >= 15 is 0 Å². The van der Waals surface area contributed by atoms with Crippen molar-refractivity contribution in [1.82, 2.24) is 15.4 Å². The molecular weight excluding hydrogens is 244 g/mol. The molecule has 0 bridgehead atoms. The molecule has 0 atom stereocenters. The van der Waals surface area contributed by atoms with Crippen molar-refractivity contribution in [3.8, 4) is 5.75 Å². The van der Waals surface area contributed by atoms with Crippen LogP contribution in [0.2, 0.25) is 0 Å². The van der Waals surface area contributed by atoms with Crippen molar-refractivity contribution in [3.63, 3.8) is 0 Å². The van der Waals surface area contributed by atoms with Gasteiger partial charge >= 0.3 is 0 Å². The van der Waals surface area contributed by atoms with Crippen molar-refractivity contribution in [3.05, 3.63) is 48.2 Å². The standard InChI is InChI=1S/C13H10N4O2/c18-9-5-8-3-1-2-4-10(8)11(6-9)13(19)15-12-7-14-17-16-12/h1-7,18H,(H2,14,15,16,17,19). The molecule has 1 aromatic heterocycles. The number of rotatable bonds is 2. The summed E-state index contributed by atoms with van der Waals surface area (Å²) in [6.45, 7) is 0. The van der Waals surface area contributed by atoms with Crippen LogP contribution >= 0.6 is 0 Å². The molecule has 19 heavy (non-hydrogen) atoms. The molecule has 0 saturated carbocycles. The summed E-state index contributed by atoms with van der Waals surface area (Å²) >= 11 is 0. The van der Waals surface area contributed by atoms with E-state index in [9.17, 15) is 9.90 Å². The molecule has 0 saturated heterocycles. The van der Waals surface area contributed by atoms with Gasteiger partial charge in [-0.15, -0.1) is 5.10 Å². The van der Waals surface area contributed by atoms with E-state index in [1.54, 1.807) is 6.07 Å². The number of aromatic amines is 1. The molecule has 0 aliphatic rings. The molecule has 1 amide bonds. The molecular formula is C13H10N4O2. The summed E-state index contributed by atoms with van der Waals surface area (Å²) in [5, 5.41) is 23.6. The molecule has 6 heteroatoms. The van der Waals surface area contributed by atoms with Gasteiger partial charge in [-0.2, -0.15) is 10.3 Å². The molecule has 94 valence electrons. The van der Waals surface area contributed by atoms with Crippen molar-refractivity contribution in [2.75, 3.05) is 5.32 Å². The SMILES string of the molecule is O=C(Nc1cn[nH]n1)c1cc(O)cc2ccccc12. The average molecular weight is 254 g/mol. The van der Waals surface area contributed by atoms with Crippen LogP contribution in [0.3, 0.4) is 0 Å². The van der Waals surface area contributed by atoms with E-state index in [1.807, 2.05) is 24.3 Å². The zero-order chi connectivity index (χ0) is 13.2. The molecule has 3 rings (SSSR count). The van der Waals surface area contributed by atoms with Crippen LogP contribution in [0.5, 0.6) is 5.75 Å². The average Bonchev–Trinajstić information content (AvgIpc) is 2.90. The predicted molar refractivity (Wildman–Crippen MR) is 69.9 cm³/mol. The highest BCUT2D eigenvalue weighted by molar-refractivity contribution is 6.13. The lowest BCUT2D eigenvalue weighted by atomic mass is 10.0. The number of hydrogen-bond donors (Lipinski definition) is 3. The zero-order valence-electron chi connectivity index (χ0n) is 9.79. The fraction of sp³-hybridized carbons (Fsp3) is 0. The predicted octanol–water partition coefficient (Wildman–Crippen LogP) is 1.92. The highest BCUT2D eigenvalue weighted by Gasteiger charge is 2.12.